The van der Waals surface area contributed by atoms with E-state index in [1.807, 2.05) is 32.0 Å². The third kappa shape index (κ3) is 4.72. The summed E-state index contributed by atoms with van der Waals surface area (Å²) in [4.78, 5) is 4.22. The highest BCUT2D eigenvalue weighted by molar-refractivity contribution is 7.97. The fourth-order valence-corrected chi connectivity index (χ4v) is 3.49. The van der Waals surface area contributed by atoms with Gasteiger partial charge in [-0.2, -0.15) is 13.2 Å². The van der Waals surface area contributed by atoms with Crippen molar-refractivity contribution in [2.45, 2.75) is 30.5 Å². The Hall–Kier alpha value is -2.38. The monoisotopic (exact) mass is 406 g/mol. The molecule has 0 fully saturated rings. The maximum absolute atomic E-state index is 14.0. The molecular weight excluding hydrogens is 388 g/mol. The molecule has 0 unspecified atom stereocenters. The second kappa shape index (κ2) is 7.93. The summed E-state index contributed by atoms with van der Waals surface area (Å²) in [6.07, 6.45) is -1.69. The Labute approximate surface area is 165 Å². The van der Waals surface area contributed by atoms with Crippen LogP contribution < -0.4 is 4.72 Å². The van der Waals surface area contributed by atoms with Gasteiger partial charge in [0.2, 0.25) is 0 Å². The van der Waals surface area contributed by atoms with Crippen molar-refractivity contribution in [3.05, 3.63) is 83.9 Å². The zero-order chi connectivity index (χ0) is 20.4. The number of aromatic nitrogens is 1. The molecule has 0 aliphatic carbocycles. The molecule has 0 aliphatic rings. The molecule has 2 nitrogen and oxygen atoms in total. The van der Waals surface area contributed by atoms with Crippen molar-refractivity contribution in [1.29, 1.82) is 0 Å². The molecule has 1 heterocycles. The van der Waals surface area contributed by atoms with Crippen LogP contribution in [0.1, 0.15) is 25.0 Å². The van der Waals surface area contributed by atoms with E-state index in [0.29, 0.717) is 16.0 Å². The number of pyridine rings is 1. The van der Waals surface area contributed by atoms with Gasteiger partial charge in [-0.3, -0.25) is 4.98 Å². The quantitative estimate of drug-likeness (QED) is 0.390. The Morgan fingerprint density at radius 1 is 0.929 bits per heavy atom. The molecule has 1 aromatic heterocycles. The SMILES string of the molecule is CC(C)(NSc1cccc(C(F)(F)F)c1)c1cccc(-c2ccncc2F)c1. The number of rotatable bonds is 5. The lowest BCUT2D eigenvalue weighted by atomic mass is 9.92. The minimum Gasteiger partial charge on any atom is -0.262 e. The van der Waals surface area contributed by atoms with Crippen molar-refractivity contribution in [3.63, 3.8) is 0 Å². The summed E-state index contributed by atoms with van der Waals surface area (Å²) in [7, 11) is 0. The van der Waals surface area contributed by atoms with Gasteiger partial charge in [0.15, 0.2) is 0 Å². The first-order valence-corrected chi connectivity index (χ1v) is 9.30. The molecule has 3 aromatic rings. The Morgan fingerprint density at radius 2 is 1.64 bits per heavy atom. The smallest absolute Gasteiger partial charge is 0.262 e. The van der Waals surface area contributed by atoms with Gasteiger partial charge >= 0.3 is 6.18 Å². The summed E-state index contributed by atoms with van der Waals surface area (Å²) in [6, 6.07) is 14.1. The van der Waals surface area contributed by atoms with Crippen LogP contribution in [0.3, 0.4) is 0 Å². The molecule has 0 saturated carbocycles. The first kappa shape index (κ1) is 20.4. The fraction of sp³-hybridized carbons (Fsp3) is 0.190. The van der Waals surface area contributed by atoms with Crippen molar-refractivity contribution < 1.29 is 17.6 Å². The lowest BCUT2D eigenvalue weighted by Crippen LogP contribution is -2.31. The summed E-state index contributed by atoms with van der Waals surface area (Å²) < 4.78 is 55.9. The molecule has 0 spiro atoms. The summed E-state index contributed by atoms with van der Waals surface area (Å²) in [5, 5.41) is 0. The molecule has 1 N–H and O–H groups in total. The first-order chi connectivity index (χ1) is 13.2. The molecule has 0 amide bonds. The third-order valence-electron chi connectivity index (χ3n) is 4.25. The van der Waals surface area contributed by atoms with Crippen molar-refractivity contribution in [2.24, 2.45) is 0 Å². The van der Waals surface area contributed by atoms with E-state index in [1.165, 1.54) is 12.3 Å². The van der Waals surface area contributed by atoms with Crippen LogP contribution in [0.2, 0.25) is 0 Å². The van der Waals surface area contributed by atoms with E-state index < -0.39 is 23.1 Å². The van der Waals surface area contributed by atoms with Crippen LogP contribution in [-0.2, 0) is 11.7 Å². The largest absolute Gasteiger partial charge is 0.416 e. The van der Waals surface area contributed by atoms with E-state index in [1.54, 1.807) is 18.2 Å². The Balaban J connectivity index is 1.80. The predicted octanol–water partition coefficient (Wildman–Crippen LogP) is 6.44. The van der Waals surface area contributed by atoms with Gasteiger partial charge in [0.1, 0.15) is 5.82 Å². The number of nitrogens with one attached hydrogen (secondary N) is 1. The molecule has 0 aliphatic heterocycles. The number of hydrogen-bond acceptors (Lipinski definition) is 3. The van der Waals surface area contributed by atoms with Crippen LogP contribution in [0.5, 0.6) is 0 Å². The van der Waals surface area contributed by atoms with Gasteiger partial charge < -0.3 is 0 Å². The average Bonchev–Trinajstić information content (AvgIpc) is 2.66. The molecule has 7 heteroatoms. The van der Waals surface area contributed by atoms with Crippen LogP contribution in [0, 0.1) is 5.82 Å². The highest BCUT2D eigenvalue weighted by atomic mass is 32.2. The van der Waals surface area contributed by atoms with E-state index in [0.717, 1.165) is 35.8 Å². The van der Waals surface area contributed by atoms with E-state index in [4.69, 9.17) is 0 Å². The molecule has 0 radical (unpaired) electrons. The second-order valence-electron chi connectivity index (χ2n) is 6.79. The Morgan fingerprint density at radius 3 is 2.36 bits per heavy atom. The lowest BCUT2D eigenvalue weighted by Gasteiger charge is -2.27. The van der Waals surface area contributed by atoms with Crippen LogP contribution in [0.25, 0.3) is 11.1 Å². The molecule has 3 rings (SSSR count). The van der Waals surface area contributed by atoms with Crippen molar-refractivity contribution in [1.82, 2.24) is 9.71 Å². The first-order valence-electron chi connectivity index (χ1n) is 8.48. The number of benzene rings is 2. The zero-order valence-corrected chi connectivity index (χ0v) is 16.0. The van der Waals surface area contributed by atoms with Crippen LogP contribution in [-0.4, -0.2) is 4.98 Å². The van der Waals surface area contributed by atoms with Gasteiger partial charge in [-0.15, -0.1) is 0 Å². The number of nitrogens with zero attached hydrogens (tertiary/aromatic N) is 1. The summed E-state index contributed by atoms with van der Waals surface area (Å²) in [5.41, 5.74) is 0.765. The van der Waals surface area contributed by atoms with E-state index >= 15 is 0 Å². The predicted molar refractivity (Wildman–Crippen MR) is 103 cm³/mol. The van der Waals surface area contributed by atoms with E-state index in [2.05, 4.69) is 9.71 Å². The summed E-state index contributed by atoms with van der Waals surface area (Å²) >= 11 is 1.12. The number of halogens is 4. The highest BCUT2D eigenvalue weighted by Crippen LogP contribution is 2.33. The Kier molecular flexibility index (Phi) is 5.76. The standard InChI is InChI=1S/C21H18F4N2S/c1-20(2,27-28-17-8-4-7-16(12-17)21(23,24)25)15-6-3-5-14(11-15)18-9-10-26-13-19(18)22/h3-13,27H,1-2H3. The molecule has 0 saturated heterocycles. The van der Waals surface area contributed by atoms with Crippen molar-refractivity contribution in [2.75, 3.05) is 0 Å². The Bertz CT molecular complexity index is 970. The molecule has 146 valence electrons. The number of hydrogen-bond donors (Lipinski definition) is 1. The van der Waals surface area contributed by atoms with Crippen molar-refractivity contribution >= 4 is 11.9 Å². The van der Waals surface area contributed by atoms with E-state index in [-0.39, 0.29) is 0 Å². The van der Waals surface area contributed by atoms with Crippen molar-refractivity contribution in [3.8, 4) is 11.1 Å². The topological polar surface area (TPSA) is 24.9 Å². The van der Waals surface area contributed by atoms with Gasteiger partial charge in [0.25, 0.3) is 0 Å². The highest BCUT2D eigenvalue weighted by Gasteiger charge is 2.30. The minimum atomic E-state index is -4.38. The third-order valence-corrected chi connectivity index (χ3v) is 5.36. The molecule has 0 atom stereocenters. The van der Waals surface area contributed by atoms with Gasteiger partial charge in [-0.05, 0) is 67.3 Å². The average molecular weight is 406 g/mol. The fourth-order valence-electron chi connectivity index (χ4n) is 2.67. The minimum absolute atomic E-state index is 0.413. The van der Waals surface area contributed by atoms with E-state index in [9.17, 15) is 17.6 Å². The molecular formula is C21H18F4N2S. The molecule has 28 heavy (non-hydrogen) atoms. The van der Waals surface area contributed by atoms with Gasteiger partial charge in [-0.1, -0.05) is 24.3 Å². The van der Waals surface area contributed by atoms with Crippen LogP contribution in [0.4, 0.5) is 17.6 Å². The van der Waals surface area contributed by atoms with Crippen LogP contribution >= 0.6 is 11.9 Å². The van der Waals surface area contributed by atoms with Gasteiger partial charge in [-0.25, -0.2) is 9.11 Å². The van der Waals surface area contributed by atoms with Gasteiger partial charge in [0.05, 0.1) is 11.8 Å². The normalized spacial score (nSPS) is 12.2. The van der Waals surface area contributed by atoms with Gasteiger partial charge in [0, 0.05) is 22.2 Å². The summed E-state index contributed by atoms with van der Waals surface area (Å²) in [6.45, 7) is 3.82. The second-order valence-corrected chi connectivity index (χ2v) is 7.67. The maximum Gasteiger partial charge on any atom is 0.416 e. The summed E-state index contributed by atoms with van der Waals surface area (Å²) in [5.74, 6) is -0.413. The number of alkyl halides is 3. The maximum atomic E-state index is 14.0. The lowest BCUT2D eigenvalue weighted by molar-refractivity contribution is -0.137. The molecule has 0 bridgehead atoms. The zero-order valence-electron chi connectivity index (χ0n) is 15.2. The van der Waals surface area contributed by atoms with Crippen LogP contribution in [0.15, 0.2) is 71.9 Å². The molecule has 2 aromatic carbocycles.